The maximum Gasteiger partial charge on any atom is 0.410 e. The number of aliphatic carboxylic acids is 1. The third kappa shape index (κ3) is 5.44. The van der Waals surface area contributed by atoms with Crippen molar-refractivity contribution in [2.24, 2.45) is 5.92 Å². The number of halogens is 1. The number of hydrogen-bond donors (Lipinski definition) is 1. The van der Waals surface area contributed by atoms with Crippen molar-refractivity contribution >= 4 is 12.1 Å². The molecule has 0 aliphatic carbocycles. The number of carbonyl (C=O) groups is 2. The smallest absolute Gasteiger partial charge is 0.410 e. The number of alkyl halides is 1. The van der Waals surface area contributed by atoms with Crippen LogP contribution < -0.4 is 0 Å². The summed E-state index contributed by atoms with van der Waals surface area (Å²) >= 11 is 0. The summed E-state index contributed by atoms with van der Waals surface area (Å²) in [7, 11) is 0. The topological polar surface area (TPSA) is 66.8 Å². The predicted molar refractivity (Wildman–Crippen MR) is 67.7 cm³/mol. The first kappa shape index (κ1) is 15.7. The highest BCUT2D eigenvalue weighted by Gasteiger charge is 2.31. The van der Waals surface area contributed by atoms with Gasteiger partial charge in [0.25, 0.3) is 0 Å². The Labute approximate surface area is 112 Å². The van der Waals surface area contributed by atoms with Crippen LogP contribution in [-0.4, -0.2) is 46.9 Å². The molecule has 0 unspecified atom stereocenters. The number of ether oxygens (including phenoxy) is 1. The summed E-state index contributed by atoms with van der Waals surface area (Å²) in [5.74, 6) is -1.52. The molecule has 0 aromatic carbocycles. The Morgan fingerprint density at radius 2 is 1.89 bits per heavy atom. The second-order valence-corrected chi connectivity index (χ2v) is 5.92. The van der Waals surface area contributed by atoms with Crippen LogP contribution in [0, 0.1) is 5.92 Å². The fraction of sp³-hybridized carbons (Fsp3) is 0.846. The van der Waals surface area contributed by atoms with Gasteiger partial charge in [-0.15, -0.1) is 0 Å². The number of nitrogens with zero attached hydrogens (tertiary/aromatic N) is 1. The number of carbonyl (C=O) groups excluding carboxylic acids is 1. The van der Waals surface area contributed by atoms with E-state index in [4.69, 9.17) is 9.84 Å². The fourth-order valence-electron chi connectivity index (χ4n) is 2.09. The van der Waals surface area contributed by atoms with Gasteiger partial charge in [0.1, 0.15) is 11.8 Å². The van der Waals surface area contributed by atoms with Crippen LogP contribution in [0.25, 0.3) is 0 Å². The van der Waals surface area contributed by atoms with E-state index in [2.05, 4.69) is 0 Å². The van der Waals surface area contributed by atoms with Gasteiger partial charge < -0.3 is 14.7 Å². The van der Waals surface area contributed by atoms with Crippen molar-refractivity contribution in [2.45, 2.75) is 51.8 Å². The molecule has 0 spiro atoms. The first-order valence-electron chi connectivity index (χ1n) is 6.53. The highest BCUT2D eigenvalue weighted by Crippen LogP contribution is 2.25. The Morgan fingerprint density at radius 3 is 2.42 bits per heavy atom. The summed E-state index contributed by atoms with van der Waals surface area (Å²) in [6.07, 6.45) is -1.31. The summed E-state index contributed by atoms with van der Waals surface area (Å²) in [6.45, 7) is 5.93. The van der Waals surface area contributed by atoms with Gasteiger partial charge in [-0.3, -0.25) is 4.79 Å². The van der Waals surface area contributed by atoms with Gasteiger partial charge in [-0.2, -0.15) is 0 Å². The molecule has 5 nitrogen and oxygen atoms in total. The monoisotopic (exact) mass is 275 g/mol. The van der Waals surface area contributed by atoms with E-state index >= 15 is 0 Å². The molecule has 0 bridgehead atoms. The molecule has 1 rings (SSSR count). The van der Waals surface area contributed by atoms with Crippen molar-refractivity contribution in [2.75, 3.05) is 13.1 Å². The van der Waals surface area contributed by atoms with Crippen LogP contribution in [0.3, 0.4) is 0 Å². The molecular weight excluding hydrogens is 253 g/mol. The number of hydrogen-bond acceptors (Lipinski definition) is 3. The summed E-state index contributed by atoms with van der Waals surface area (Å²) in [4.78, 5) is 24.0. The number of likely N-dealkylation sites (tertiary alicyclic amines) is 1. The van der Waals surface area contributed by atoms with Crippen LogP contribution in [0.1, 0.15) is 40.0 Å². The van der Waals surface area contributed by atoms with Crippen molar-refractivity contribution < 1.29 is 23.8 Å². The number of carboxylic acid groups (broad SMARTS) is 1. The third-order valence-corrected chi connectivity index (χ3v) is 3.04. The number of amides is 1. The SMILES string of the molecule is CC(C)(C)OC(=O)N1CC[C@H](CC(=O)O)[C@H](F)CC1. The van der Waals surface area contributed by atoms with Crippen LogP contribution in [0.5, 0.6) is 0 Å². The lowest BCUT2D eigenvalue weighted by Crippen LogP contribution is -2.37. The highest BCUT2D eigenvalue weighted by molar-refractivity contribution is 5.68. The largest absolute Gasteiger partial charge is 0.481 e. The lowest BCUT2D eigenvalue weighted by atomic mass is 9.95. The van der Waals surface area contributed by atoms with Crippen molar-refractivity contribution in [3.8, 4) is 0 Å². The van der Waals surface area contributed by atoms with Gasteiger partial charge >= 0.3 is 12.1 Å². The van der Waals surface area contributed by atoms with Gasteiger partial charge in [0, 0.05) is 19.0 Å². The van der Waals surface area contributed by atoms with E-state index in [9.17, 15) is 14.0 Å². The van der Waals surface area contributed by atoms with Gasteiger partial charge in [-0.25, -0.2) is 9.18 Å². The third-order valence-electron chi connectivity index (χ3n) is 3.04. The molecule has 1 N–H and O–H groups in total. The molecular formula is C13H22FNO4. The zero-order chi connectivity index (χ0) is 14.6. The standard InChI is InChI=1S/C13H22FNO4/c1-13(2,3)19-12(18)15-6-4-9(8-11(16)17)10(14)5-7-15/h9-10H,4-8H2,1-3H3,(H,16,17)/t9-,10-/m1/s1. The summed E-state index contributed by atoms with van der Waals surface area (Å²) < 4.78 is 19.0. The van der Waals surface area contributed by atoms with Crippen LogP contribution in [0.4, 0.5) is 9.18 Å². The van der Waals surface area contributed by atoms with Crippen molar-refractivity contribution in [1.82, 2.24) is 4.90 Å². The lowest BCUT2D eigenvalue weighted by Gasteiger charge is -2.26. The van der Waals surface area contributed by atoms with Gasteiger partial charge in [-0.05, 0) is 33.6 Å². The van der Waals surface area contributed by atoms with Crippen LogP contribution >= 0.6 is 0 Å². The summed E-state index contributed by atoms with van der Waals surface area (Å²) in [5.41, 5.74) is -0.584. The molecule has 1 fully saturated rings. The molecule has 110 valence electrons. The van der Waals surface area contributed by atoms with Gasteiger partial charge in [-0.1, -0.05) is 0 Å². The van der Waals surface area contributed by atoms with Crippen molar-refractivity contribution in [1.29, 1.82) is 0 Å². The van der Waals surface area contributed by atoms with Crippen LogP contribution in [-0.2, 0) is 9.53 Å². The summed E-state index contributed by atoms with van der Waals surface area (Å²) in [6, 6.07) is 0. The number of carboxylic acids is 1. The van der Waals surface area contributed by atoms with E-state index < -0.39 is 29.8 Å². The molecule has 1 aliphatic heterocycles. The Balaban J connectivity index is 2.57. The van der Waals surface area contributed by atoms with Crippen molar-refractivity contribution in [3.05, 3.63) is 0 Å². The highest BCUT2D eigenvalue weighted by atomic mass is 19.1. The van der Waals surface area contributed by atoms with E-state index in [-0.39, 0.29) is 19.4 Å². The van der Waals surface area contributed by atoms with Gasteiger partial charge in [0.2, 0.25) is 0 Å². The fourth-order valence-corrected chi connectivity index (χ4v) is 2.09. The Kier molecular flexibility index (Phi) is 5.14. The van der Waals surface area contributed by atoms with E-state index in [1.807, 2.05) is 0 Å². The van der Waals surface area contributed by atoms with E-state index in [1.165, 1.54) is 4.90 Å². The van der Waals surface area contributed by atoms with Crippen LogP contribution in [0.15, 0.2) is 0 Å². The van der Waals surface area contributed by atoms with E-state index in [0.717, 1.165) is 0 Å². The Bertz CT molecular complexity index is 340. The Morgan fingerprint density at radius 1 is 1.32 bits per heavy atom. The van der Waals surface area contributed by atoms with Crippen molar-refractivity contribution in [3.63, 3.8) is 0 Å². The minimum Gasteiger partial charge on any atom is -0.481 e. The maximum atomic E-state index is 13.8. The van der Waals surface area contributed by atoms with Crippen LogP contribution in [0.2, 0.25) is 0 Å². The second-order valence-electron chi connectivity index (χ2n) is 5.92. The van der Waals surface area contributed by atoms with Gasteiger partial charge in [0.05, 0.1) is 6.42 Å². The first-order chi connectivity index (χ1) is 8.69. The normalized spacial score (nSPS) is 24.7. The zero-order valence-corrected chi connectivity index (χ0v) is 11.7. The summed E-state index contributed by atoms with van der Waals surface area (Å²) in [5, 5.41) is 8.73. The number of rotatable bonds is 2. The zero-order valence-electron chi connectivity index (χ0n) is 11.7. The average molecular weight is 275 g/mol. The average Bonchev–Trinajstić information content (AvgIpc) is 2.39. The second kappa shape index (κ2) is 6.21. The van der Waals surface area contributed by atoms with E-state index in [1.54, 1.807) is 20.8 Å². The predicted octanol–water partition coefficient (Wildman–Crippen LogP) is 2.45. The molecule has 0 radical (unpaired) electrons. The molecule has 1 amide bonds. The maximum absolute atomic E-state index is 13.8. The minimum absolute atomic E-state index is 0.164. The molecule has 0 saturated carbocycles. The molecule has 2 atom stereocenters. The Hall–Kier alpha value is -1.33. The first-order valence-corrected chi connectivity index (χ1v) is 6.53. The quantitative estimate of drug-likeness (QED) is 0.840. The van der Waals surface area contributed by atoms with E-state index in [0.29, 0.717) is 13.0 Å². The molecule has 1 heterocycles. The van der Waals surface area contributed by atoms with Gasteiger partial charge in [0.15, 0.2) is 0 Å². The lowest BCUT2D eigenvalue weighted by molar-refractivity contribution is -0.138. The molecule has 19 heavy (non-hydrogen) atoms. The molecule has 1 aliphatic rings. The molecule has 1 saturated heterocycles. The molecule has 0 aromatic rings. The molecule has 6 heteroatoms. The molecule has 0 aromatic heterocycles. The minimum atomic E-state index is -1.18.